The van der Waals surface area contributed by atoms with Crippen LogP contribution in [0.1, 0.15) is 107 Å². The number of imide groups is 2. The van der Waals surface area contributed by atoms with Crippen LogP contribution in [0.15, 0.2) is 129 Å². The highest BCUT2D eigenvalue weighted by Gasteiger charge is 2.49. The summed E-state index contributed by atoms with van der Waals surface area (Å²) in [6.45, 7) is 9.94. The standard InChI is InChI=1S/C63H67ClF4N8O9S3/c1-62(2)24-22-50(39-8-12-43(64)13-9-39)42(33-62)34-72-26-28-73(29-27-72)45-14-10-40(11-15-45)58(78)71-88(84,85)49-18-19-54(56(31-49)87(82,83)63(66,67)68)69-44(38-86-48-6-4-3-5-7-48)23-25-74-36-47-17-16-46(74)37-75(47)35-41-30-51-52(32-53(41)65)61(81)76(60(51)80)55-20-21-57(77)70-59(55)79/h3-15,18-19,30-32,44,46-47,55,69H,16-17,20-29,33-38H2,1-2H3,(H,71,78)(H,70,77,79)/t44-,46?,47?,55?/m1/s1. The van der Waals surface area contributed by atoms with Gasteiger partial charge in [-0.1, -0.05) is 61.4 Å². The number of sulfone groups is 1. The molecule has 0 spiro atoms. The number of carbonyl (C=O) groups is 5. The lowest BCUT2D eigenvalue weighted by molar-refractivity contribution is -0.136. The molecule has 5 amide bonds. The summed E-state index contributed by atoms with van der Waals surface area (Å²) in [5.41, 5.74) is -1.41. The number of sulfonamides is 1. The second-order valence-corrected chi connectivity index (χ2v) is 29.4. The Morgan fingerprint density at radius 2 is 1.47 bits per heavy atom. The first-order valence-corrected chi connectivity index (χ1v) is 33.7. The van der Waals surface area contributed by atoms with Crippen molar-refractivity contribution in [2.45, 2.75) is 116 Å². The van der Waals surface area contributed by atoms with E-state index >= 15 is 4.39 Å². The van der Waals surface area contributed by atoms with E-state index in [1.54, 1.807) is 12.1 Å². The number of alkyl halides is 3. The van der Waals surface area contributed by atoms with Gasteiger partial charge < -0.3 is 10.2 Å². The van der Waals surface area contributed by atoms with Gasteiger partial charge in [0.2, 0.25) is 11.8 Å². The van der Waals surface area contributed by atoms with E-state index in [2.05, 4.69) is 56.2 Å². The van der Waals surface area contributed by atoms with Gasteiger partial charge in [0, 0.05) is 116 Å². The summed E-state index contributed by atoms with van der Waals surface area (Å²) in [6.07, 6.45) is 4.79. The molecule has 12 rings (SSSR count). The van der Waals surface area contributed by atoms with Crippen molar-refractivity contribution in [1.82, 2.24) is 29.6 Å². The van der Waals surface area contributed by atoms with Gasteiger partial charge in [-0.05, 0) is 140 Å². The topological polar surface area (TPSA) is 206 Å². The monoisotopic (exact) mass is 1290 g/mol. The van der Waals surface area contributed by atoms with Gasteiger partial charge in [0.1, 0.15) is 16.8 Å². The zero-order chi connectivity index (χ0) is 62.5. The highest BCUT2D eigenvalue weighted by atomic mass is 35.5. The number of nitrogens with one attached hydrogen (secondary N) is 3. The quantitative estimate of drug-likeness (QED) is 0.0400. The Kier molecular flexibility index (Phi) is 18.1. The van der Waals surface area contributed by atoms with Crippen LogP contribution >= 0.6 is 23.4 Å². The van der Waals surface area contributed by atoms with Gasteiger partial charge in [-0.25, -0.2) is 25.9 Å². The number of hydrogen-bond acceptors (Lipinski definition) is 15. The number of piperidine rings is 3. The van der Waals surface area contributed by atoms with Crippen LogP contribution in [-0.2, 0) is 36.0 Å². The van der Waals surface area contributed by atoms with Gasteiger partial charge >= 0.3 is 5.51 Å². The van der Waals surface area contributed by atoms with Crippen molar-refractivity contribution in [3.63, 3.8) is 0 Å². The van der Waals surface area contributed by atoms with Crippen molar-refractivity contribution in [2.75, 3.05) is 68.3 Å². The molecule has 466 valence electrons. The number of rotatable bonds is 19. The molecular weight excluding hydrogens is 1220 g/mol. The number of fused-ring (bicyclic) bond motifs is 4. The third-order valence-corrected chi connectivity index (χ3v) is 22.1. The van der Waals surface area contributed by atoms with Gasteiger partial charge in [-0.3, -0.25) is 48.9 Å². The second kappa shape index (κ2) is 25.3. The maximum absolute atomic E-state index is 15.8. The molecule has 0 aromatic heterocycles. The fourth-order valence-corrected chi connectivity index (χ4v) is 16.1. The Labute approximate surface area is 518 Å². The molecule has 5 saturated heterocycles. The molecular formula is C63H67ClF4N8O9S3. The predicted molar refractivity (Wildman–Crippen MR) is 326 cm³/mol. The van der Waals surface area contributed by atoms with Crippen molar-refractivity contribution in [2.24, 2.45) is 5.41 Å². The van der Waals surface area contributed by atoms with E-state index in [-0.39, 0.29) is 64.9 Å². The van der Waals surface area contributed by atoms with E-state index in [1.165, 1.54) is 46.7 Å². The largest absolute Gasteiger partial charge is 0.501 e. The Balaban J connectivity index is 0.742. The lowest BCUT2D eigenvalue weighted by atomic mass is 9.73. The number of allylic oxidation sites excluding steroid dienone is 1. The minimum absolute atomic E-state index is 0.0354. The lowest BCUT2D eigenvalue weighted by Gasteiger charge is -2.52. The third-order valence-electron chi connectivity index (χ3n) is 17.8. The van der Waals surface area contributed by atoms with Gasteiger partial charge in [0.25, 0.3) is 37.6 Å². The molecule has 4 atom stereocenters. The van der Waals surface area contributed by atoms with Crippen molar-refractivity contribution in [3.8, 4) is 0 Å². The molecule has 3 unspecified atom stereocenters. The van der Waals surface area contributed by atoms with Crippen LogP contribution in [0.3, 0.4) is 0 Å². The van der Waals surface area contributed by atoms with E-state index in [9.17, 15) is 54.0 Å². The second-order valence-electron chi connectivity index (χ2n) is 24.3. The first-order chi connectivity index (χ1) is 41.8. The molecule has 5 fully saturated rings. The van der Waals surface area contributed by atoms with Crippen molar-refractivity contribution < 1.29 is 58.4 Å². The SMILES string of the molecule is CC1(C)CCC(c2ccc(Cl)cc2)=C(CN2CCN(c3ccc(C(=O)NS(=O)(=O)c4ccc(N[C@H](CCN5CC6CCC5CN6Cc5cc6c(cc5F)C(=O)N(C5CCC(=O)NC5=O)C6=O)CSc5ccccc5)c(S(=O)(=O)C(F)(F)F)c4)cc3)CC2)C1. The van der Waals surface area contributed by atoms with Gasteiger partial charge in [0.05, 0.1) is 21.7 Å². The smallest absolute Gasteiger partial charge is 0.380 e. The van der Waals surface area contributed by atoms with E-state index in [4.69, 9.17) is 11.6 Å². The zero-order valence-electron chi connectivity index (χ0n) is 48.5. The van der Waals surface area contributed by atoms with E-state index in [1.807, 2.05) is 47.2 Å². The Hall–Kier alpha value is -6.67. The van der Waals surface area contributed by atoms with Crippen LogP contribution in [-0.4, -0.2) is 154 Å². The maximum atomic E-state index is 15.8. The van der Waals surface area contributed by atoms with E-state index in [0.29, 0.717) is 50.2 Å². The molecule has 2 bridgehead atoms. The average Bonchev–Trinajstić information content (AvgIpc) is 1.58. The number of benzene rings is 5. The number of carbonyl (C=O) groups excluding carboxylic acids is 5. The van der Waals surface area contributed by atoms with Crippen LogP contribution in [0, 0.1) is 11.2 Å². The molecule has 6 aliphatic heterocycles. The minimum atomic E-state index is -6.20. The molecule has 6 heterocycles. The third kappa shape index (κ3) is 13.6. The molecule has 0 radical (unpaired) electrons. The molecule has 1 aliphatic carbocycles. The van der Waals surface area contributed by atoms with Crippen LogP contribution in [0.5, 0.6) is 0 Å². The summed E-state index contributed by atoms with van der Waals surface area (Å²) in [5, 5.41) is 5.87. The summed E-state index contributed by atoms with van der Waals surface area (Å²) in [6, 6.07) is 26.2. The number of halogens is 5. The average molecular weight is 1290 g/mol. The van der Waals surface area contributed by atoms with Crippen LogP contribution in [0.4, 0.5) is 28.9 Å². The normalized spacial score (nSPS) is 21.6. The Morgan fingerprint density at radius 3 is 2.12 bits per heavy atom. The molecule has 88 heavy (non-hydrogen) atoms. The van der Waals surface area contributed by atoms with Crippen LogP contribution in [0.25, 0.3) is 5.57 Å². The minimum Gasteiger partial charge on any atom is -0.380 e. The number of thioether (sulfide) groups is 1. The molecule has 17 nitrogen and oxygen atoms in total. The maximum Gasteiger partial charge on any atom is 0.501 e. The first kappa shape index (κ1) is 62.9. The van der Waals surface area contributed by atoms with Crippen LogP contribution < -0.4 is 20.3 Å². The number of hydrogen-bond donors (Lipinski definition) is 3. The Morgan fingerprint density at radius 1 is 0.795 bits per heavy atom. The molecule has 5 aromatic carbocycles. The van der Waals surface area contributed by atoms with Crippen molar-refractivity contribution >= 4 is 89.7 Å². The summed E-state index contributed by atoms with van der Waals surface area (Å²) in [5.74, 6) is -4.39. The highest BCUT2D eigenvalue weighted by Crippen LogP contribution is 2.44. The molecule has 25 heteroatoms. The van der Waals surface area contributed by atoms with Crippen LogP contribution in [0.2, 0.25) is 5.02 Å². The van der Waals surface area contributed by atoms with Gasteiger partial charge in [0.15, 0.2) is 0 Å². The van der Waals surface area contributed by atoms with Gasteiger partial charge in [-0.15, -0.1) is 11.8 Å². The number of amides is 5. The first-order valence-electron chi connectivity index (χ1n) is 29.3. The number of nitrogens with zero attached hydrogens (tertiary/aromatic N) is 5. The predicted octanol–water partition coefficient (Wildman–Crippen LogP) is 9.39. The highest BCUT2D eigenvalue weighted by molar-refractivity contribution is 7.99. The summed E-state index contributed by atoms with van der Waals surface area (Å²) in [7, 11) is -11.2. The Bertz CT molecular complexity index is 3810. The molecule has 0 saturated carbocycles. The molecule has 7 aliphatic rings. The van der Waals surface area contributed by atoms with Crippen molar-refractivity contribution in [1.29, 1.82) is 0 Å². The molecule has 5 aromatic rings. The summed E-state index contributed by atoms with van der Waals surface area (Å²) >= 11 is 7.60. The van der Waals surface area contributed by atoms with Crippen molar-refractivity contribution in [3.05, 3.63) is 153 Å². The summed E-state index contributed by atoms with van der Waals surface area (Å²) in [4.78, 5) is 73.2. The number of anilines is 2. The zero-order valence-corrected chi connectivity index (χ0v) is 51.7. The fraction of sp³-hybridized carbons (Fsp3) is 0.413. The molecule has 3 N–H and O–H groups in total. The number of piperazine rings is 2. The summed E-state index contributed by atoms with van der Waals surface area (Å²) < 4.78 is 116. The van der Waals surface area contributed by atoms with E-state index in [0.717, 1.165) is 85.4 Å². The fourth-order valence-electron chi connectivity index (χ4n) is 13.0. The van der Waals surface area contributed by atoms with E-state index < -0.39 is 88.3 Å². The van der Waals surface area contributed by atoms with Gasteiger partial charge in [-0.2, -0.15) is 13.2 Å². The lowest BCUT2D eigenvalue weighted by Crippen LogP contribution is -2.62.